The van der Waals surface area contributed by atoms with Gasteiger partial charge in [0.2, 0.25) is 0 Å². The summed E-state index contributed by atoms with van der Waals surface area (Å²) in [5, 5.41) is 11.1. The van der Waals surface area contributed by atoms with Gasteiger partial charge in [0.05, 0.1) is 23.9 Å². The number of nitrogens with zero attached hydrogens (tertiary/aromatic N) is 1. The molecule has 0 bridgehead atoms. The van der Waals surface area contributed by atoms with E-state index in [-0.39, 0.29) is 17.9 Å². The number of ether oxygens (including phenoxy) is 1. The minimum absolute atomic E-state index is 0.0321. The van der Waals surface area contributed by atoms with E-state index in [1.807, 2.05) is 30.3 Å². The van der Waals surface area contributed by atoms with Crippen LogP contribution in [0.5, 0.6) is 5.75 Å². The van der Waals surface area contributed by atoms with Gasteiger partial charge in [-0.15, -0.1) is 0 Å². The first-order valence-electron chi connectivity index (χ1n) is 6.97. The van der Waals surface area contributed by atoms with Crippen molar-refractivity contribution in [2.75, 3.05) is 0 Å². The number of fused-ring (bicyclic) bond motifs is 1. The van der Waals surface area contributed by atoms with Crippen molar-refractivity contribution in [3.63, 3.8) is 0 Å². The highest BCUT2D eigenvalue weighted by Crippen LogP contribution is 2.22. The number of aromatic nitrogens is 1. The predicted octanol–water partition coefficient (Wildman–Crippen LogP) is 2.76. The summed E-state index contributed by atoms with van der Waals surface area (Å²) < 4.78 is 5.27. The highest BCUT2D eigenvalue weighted by Gasteiger charge is 2.15. The van der Waals surface area contributed by atoms with E-state index in [0.29, 0.717) is 17.4 Å². The molecule has 1 heterocycles. The van der Waals surface area contributed by atoms with Gasteiger partial charge in [-0.1, -0.05) is 30.3 Å². The number of hydrogen-bond donors (Lipinski definition) is 1. The molecule has 0 amide bonds. The minimum Gasteiger partial charge on any atom is -0.420 e. The molecule has 5 nitrogen and oxygen atoms in total. The van der Waals surface area contributed by atoms with Crippen LogP contribution in [0, 0.1) is 0 Å². The maximum atomic E-state index is 12.3. The van der Waals surface area contributed by atoms with Crippen LogP contribution < -0.4 is 4.74 Å². The SMILES string of the molecule is O=Cc1c(CO)cncc1OC(=O)c1ccc2ccccc2c1. The summed E-state index contributed by atoms with van der Waals surface area (Å²) in [4.78, 5) is 27.3. The van der Waals surface area contributed by atoms with E-state index in [1.165, 1.54) is 12.4 Å². The highest BCUT2D eigenvalue weighted by molar-refractivity contribution is 5.97. The zero-order valence-corrected chi connectivity index (χ0v) is 12.1. The van der Waals surface area contributed by atoms with Crippen molar-refractivity contribution in [3.05, 3.63) is 71.5 Å². The molecule has 0 spiro atoms. The number of benzene rings is 2. The molecule has 0 aliphatic rings. The molecule has 0 unspecified atom stereocenters. The van der Waals surface area contributed by atoms with E-state index >= 15 is 0 Å². The molecule has 114 valence electrons. The maximum absolute atomic E-state index is 12.3. The van der Waals surface area contributed by atoms with Crippen molar-refractivity contribution >= 4 is 23.0 Å². The second-order valence-corrected chi connectivity index (χ2v) is 4.94. The molecule has 0 saturated carbocycles. The van der Waals surface area contributed by atoms with Crippen LogP contribution in [0.2, 0.25) is 0 Å². The zero-order valence-electron chi connectivity index (χ0n) is 12.1. The van der Waals surface area contributed by atoms with Crippen LogP contribution in [0.4, 0.5) is 0 Å². The molecule has 3 rings (SSSR count). The van der Waals surface area contributed by atoms with Gasteiger partial charge in [-0.3, -0.25) is 9.78 Å². The van der Waals surface area contributed by atoms with Gasteiger partial charge in [0.15, 0.2) is 12.0 Å². The molecular formula is C18H13NO4. The average molecular weight is 307 g/mol. The molecule has 0 aliphatic heterocycles. The average Bonchev–Trinajstić information content (AvgIpc) is 2.60. The van der Waals surface area contributed by atoms with Crippen molar-refractivity contribution in [2.45, 2.75) is 6.61 Å². The lowest BCUT2D eigenvalue weighted by Gasteiger charge is -2.09. The van der Waals surface area contributed by atoms with E-state index < -0.39 is 5.97 Å². The van der Waals surface area contributed by atoms with Crippen molar-refractivity contribution < 1.29 is 19.4 Å². The van der Waals surface area contributed by atoms with Crippen molar-refractivity contribution in [1.29, 1.82) is 0 Å². The van der Waals surface area contributed by atoms with Crippen molar-refractivity contribution in [3.8, 4) is 5.75 Å². The number of hydrogen-bond acceptors (Lipinski definition) is 5. The van der Waals surface area contributed by atoms with Crippen molar-refractivity contribution in [1.82, 2.24) is 4.98 Å². The zero-order chi connectivity index (χ0) is 16.2. The summed E-state index contributed by atoms with van der Waals surface area (Å²) in [5.41, 5.74) is 0.801. The van der Waals surface area contributed by atoms with Gasteiger partial charge >= 0.3 is 5.97 Å². The molecule has 0 saturated heterocycles. The van der Waals surface area contributed by atoms with Crippen LogP contribution in [-0.2, 0) is 6.61 Å². The molecule has 5 heteroatoms. The predicted molar refractivity (Wildman–Crippen MR) is 84.5 cm³/mol. The van der Waals surface area contributed by atoms with Gasteiger partial charge in [0, 0.05) is 11.8 Å². The fourth-order valence-electron chi connectivity index (χ4n) is 2.31. The Labute approximate surface area is 132 Å². The number of rotatable bonds is 4. The Morgan fingerprint density at radius 1 is 1.13 bits per heavy atom. The highest BCUT2D eigenvalue weighted by atomic mass is 16.5. The Balaban J connectivity index is 1.93. The molecule has 0 aliphatic carbocycles. The van der Waals surface area contributed by atoms with E-state index in [4.69, 9.17) is 4.74 Å². The van der Waals surface area contributed by atoms with Gasteiger partial charge in [-0.05, 0) is 22.9 Å². The molecule has 0 fully saturated rings. The van der Waals surface area contributed by atoms with Gasteiger partial charge in [0.1, 0.15) is 0 Å². The largest absolute Gasteiger partial charge is 0.420 e. The van der Waals surface area contributed by atoms with Gasteiger partial charge in [-0.2, -0.15) is 0 Å². The molecule has 0 radical (unpaired) electrons. The number of carbonyl (C=O) groups excluding carboxylic acids is 2. The minimum atomic E-state index is -0.587. The third-order valence-corrected chi connectivity index (χ3v) is 3.51. The van der Waals surface area contributed by atoms with Crippen LogP contribution >= 0.6 is 0 Å². The first-order chi connectivity index (χ1) is 11.2. The Bertz CT molecular complexity index is 889. The number of aldehydes is 1. The van der Waals surface area contributed by atoms with Crippen LogP contribution in [0.1, 0.15) is 26.3 Å². The maximum Gasteiger partial charge on any atom is 0.343 e. The number of carbonyl (C=O) groups is 2. The smallest absolute Gasteiger partial charge is 0.343 e. The Hall–Kier alpha value is -3.05. The molecule has 23 heavy (non-hydrogen) atoms. The third kappa shape index (κ3) is 2.95. The Morgan fingerprint density at radius 2 is 1.91 bits per heavy atom. The number of esters is 1. The van der Waals surface area contributed by atoms with Crippen LogP contribution in [0.25, 0.3) is 10.8 Å². The molecule has 2 aromatic carbocycles. The van der Waals surface area contributed by atoms with E-state index in [1.54, 1.807) is 12.1 Å². The monoisotopic (exact) mass is 307 g/mol. The summed E-state index contributed by atoms with van der Waals surface area (Å²) >= 11 is 0. The lowest BCUT2D eigenvalue weighted by atomic mass is 10.1. The van der Waals surface area contributed by atoms with Crippen molar-refractivity contribution in [2.24, 2.45) is 0 Å². The van der Waals surface area contributed by atoms with Gasteiger partial charge in [0.25, 0.3) is 0 Å². The normalized spacial score (nSPS) is 10.5. The lowest BCUT2D eigenvalue weighted by Crippen LogP contribution is -2.11. The molecule has 3 aromatic rings. The van der Waals surface area contributed by atoms with Gasteiger partial charge < -0.3 is 9.84 Å². The summed E-state index contributed by atoms with van der Waals surface area (Å²) in [6.45, 7) is -0.359. The van der Waals surface area contributed by atoms with Gasteiger partial charge in [-0.25, -0.2) is 4.79 Å². The van der Waals surface area contributed by atoms with Crippen LogP contribution in [0.15, 0.2) is 54.9 Å². The Kier molecular flexibility index (Phi) is 4.12. The van der Waals surface area contributed by atoms with E-state index in [2.05, 4.69) is 4.98 Å². The van der Waals surface area contributed by atoms with Crippen LogP contribution in [0.3, 0.4) is 0 Å². The van der Waals surface area contributed by atoms with E-state index in [9.17, 15) is 14.7 Å². The third-order valence-electron chi connectivity index (χ3n) is 3.51. The molecule has 1 aromatic heterocycles. The second kappa shape index (κ2) is 6.37. The topological polar surface area (TPSA) is 76.5 Å². The lowest BCUT2D eigenvalue weighted by molar-refractivity contribution is 0.0732. The number of pyridine rings is 1. The second-order valence-electron chi connectivity index (χ2n) is 4.94. The molecule has 1 N–H and O–H groups in total. The van der Waals surface area contributed by atoms with Crippen LogP contribution in [-0.4, -0.2) is 22.3 Å². The fraction of sp³-hybridized carbons (Fsp3) is 0.0556. The molecule has 0 atom stereocenters. The summed E-state index contributed by atoms with van der Waals surface area (Å²) in [7, 11) is 0. The standard InChI is InChI=1S/C18H13NO4/c20-10-15-8-19-9-17(16(15)11-21)23-18(22)14-6-5-12-3-1-2-4-13(12)7-14/h1-9,11,20H,10H2. The summed E-state index contributed by atoms with van der Waals surface area (Å²) in [5.74, 6) is -0.555. The Morgan fingerprint density at radius 3 is 2.65 bits per heavy atom. The first-order valence-corrected chi connectivity index (χ1v) is 6.97. The van der Waals surface area contributed by atoms with E-state index in [0.717, 1.165) is 10.8 Å². The number of aliphatic hydroxyl groups is 1. The quantitative estimate of drug-likeness (QED) is 0.592. The number of aliphatic hydroxyl groups excluding tert-OH is 1. The first kappa shape index (κ1) is 14.9. The summed E-state index contributed by atoms with van der Waals surface area (Å²) in [6, 6.07) is 12.9. The fourth-order valence-corrected chi connectivity index (χ4v) is 2.31. The molecular weight excluding hydrogens is 294 g/mol. The summed E-state index contributed by atoms with van der Waals surface area (Å²) in [6.07, 6.45) is 3.18.